The van der Waals surface area contributed by atoms with Crippen molar-refractivity contribution >= 4 is 17.8 Å². The lowest BCUT2D eigenvalue weighted by molar-refractivity contribution is -0.164. The maximum absolute atomic E-state index is 13.0. The van der Waals surface area contributed by atoms with Crippen molar-refractivity contribution in [2.24, 2.45) is 0 Å². The van der Waals surface area contributed by atoms with Crippen LogP contribution in [-0.2, 0) is 28.6 Å². The number of likely N-dealkylation sites (tertiary alicyclic amines) is 1. The summed E-state index contributed by atoms with van der Waals surface area (Å²) in [6.07, 6.45) is 0.586. The fourth-order valence-electron chi connectivity index (χ4n) is 3.20. The molecular formula is C22H32N2O6. The fraction of sp³-hybridized carbons (Fsp3) is 0.591. The Balaban J connectivity index is 2.02. The SMILES string of the molecule is COCCOCCC(=O)N[C@H]1CCN([C@H](C(=O)OC(C)(C)C)c2ccccc2)C1=O. The summed E-state index contributed by atoms with van der Waals surface area (Å²) in [5, 5.41) is 2.75. The monoisotopic (exact) mass is 420 g/mol. The summed E-state index contributed by atoms with van der Waals surface area (Å²) in [6, 6.07) is 7.56. The molecule has 2 atom stereocenters. The zero-order valence-electron chi connectivity index (χ0n) is 18.2. The zero-order valence-corrected chi connectivity index (χ0v) is 18.2. The summed E-state index contributed by atoms with van der Waals surface area (Å²) >= 11 is 0. The smallest absolute Gasteiger partial charge is 0.334 e. The van der Waals surface area contributed by atoms with E-state index in [1.807, 2.05) is 18.2 Å². The van der Waals surface area contributed by atoms with Gasteiger partial charge in [-0.1, -0.05) is 30.3 Å². The molecule has 0 radical (unpaired) electrons. The number of amides is 2. The molecule has 0 unspecified atom stereocenters. The summed E-state index contributed by atoms with van der Waals surface area (Å²) in [4.78, 5) is 39.6. The molecule has 0 aromatic heterocycles. The van der Waals surface area contributed by atoms with Crippen molar-refractivity contribution in [1.82, 2.24) is 10.2 Å². The van der Waals surface area contributed by atoms with Crippen molar-refractivity contribution in [3.05, 3.63) is 35.9 Å². The van der Waals surface area contributed by atoms with Crippen LogP contribution in [0.3, 0.4) is 0 Å². The van der Waals surface area contributed by atoms with E-state index in [4.69, 9.17) is 14.2 Å². The van der Waals surface area contributed by atoms with E-state index in [1.54, 1.807) is 40.0 Å². The third-order valence-electron chi connectivity index (χ3n) is 4.54. The first-order valence-corrected chi connectivity index (χ1v) is 10.2. The van der Waals surface area contributed by atoms with Crippen molar-refractivity contribution in [1.29, 1.82) is 0 Å². The molecule has 1 heterocycles. The number of rotatable bonds is 10. The minimum atomic E-state index is -0.850. The zero-order chi connectivity index (χ0) is 22.1. The summed E-state index contributed by atoms with van der Waals surface area (Å²) in [7, 11) is 1.58. The van der Waals surface area contributed by atoms with Crippen molar-refractivity contribution < 1.29 is 28.6 Å². The van der Waals surface area contributed by atoms with Crippen molar-refractivity contribution in [2.45, 2.75) is 51.3 Å². The number of nitrogens with zero attached hydrogens (tertiary/aromatic N) is 1. The van der Waals surface area contributed by atoms with Gasteiger partial charge in [-0.2, -0.15) is 0 Å². The Morgan fingerprint density at radius 3 is 2.50 bits per heavy atom. The molecule has 0 spiro atoms. The molecule has 2 rings (SSSR count). The van der Waals surface area contributed by atoms with Crippen LogP contribution in [0.1, 0.15) is 45.2 Å². The summed E-state index contributed by atoms with van der Waals surface area (Å²) in [5.74, 6) is -1.04. The second-order valence-electron chi connectivity index (χ2n) is 8.14. The number of esters is 1. The second kappa shape index (κ2) is 11.1. The molecule has 0 aliphatic carbocycles. The third-order valence-corrected chi connectivity index (χ3v) is 4.54. The van der Waals surface area contributed by atoms with Crippen molar-refractivity contribution in [2.75, 3.05) is 33.5 Å². The van der Waals surface area contributed by atoms with Gasteiger partial charge in [0.25, 0.3) is 0 Å². The van der Waals surface area contributed by atoms with E-state index < -0.39 is 23.7 Å². The third kappa shape index (κ3) is 7.11. The Morgan fingerprint density at radius 1 is 1.17 bits per heavy atom. The van der Waals surface area contributed by atoms with Gasteiger partial charge in [-0.05, 0) is 32.8 Å². The largest absolute Gasteiger partial charge is 0.458 e. The number of nitrogens with one attached hydrogen (secondary N) is 1. The number of hydrogen-bond donors (Lipinski definition) is 1. The number of hydrogen-bond acceptors (Lipinski definition) is 6. The Hall–Kier alpha value is -2.45. The van der Waals surface area contributed by atoms with Gasteiger partial charge in [0.05, 0.1) is 19.8 Å². The first-order chi connectivity index (χ1) is 14.2. The lowest BCUT2D eigenvalue weighted by Crippen LogP contribution is -2.45. The van der Waals surface area contributed by atoms with E-state index in [1.165, 1.54) is 4.90 Å². The Morgan fingerprint density at radius 2 is 1.87 bits per heavy atom. The highest BCUT2D eigenvalue weighted by Crippen LogP contribution is 2.29. The maximum Gasteiger partial charge on any atom is 0.334 e. The average Bonchev–Trinajstić information content (AvgIpc) is 3.01. The lowest BCUT2D eigenvalue weighted by Gasteiger charge is -2.30. The Kier molecular flexibility index (Phi) is 8.80. The van der Waals surface area contributed by atoms with E-state index in [-0.39, 0.29) is 24.8 Å². The minimum Gasteiger partial charge on any atom is -0.458 e. The van der Waals surface area contributed by atoms with E-state index in [9.17, 15) is 14.4 Å². The molecule has 8 heteroatoms. The van der Waals surface area contributed by atoms with Crippen LogP contribution in [-0.4, -0.2) is 67.8 Å². The van der Waals surface area contributed by atoms with Crippen molar-refractivity contribution in [3.8, 4) is 0 Å². The van der Waals surface area contributed by atoms with E-state index >= 15 is 0 Å². The standard InChI is InChI=1S/C22H32N2O6/c1-22(2,3)30-21(27)19(16-8-6-5-7-9-16)24-12-10-17(20(24)26)23-18(25)11-13-29-15-14-28-4/h5-9,17,19H,10-15H2,1-4H3,(H,23,25)/t17-,19-/m0/s1. The van der Waals surface area contributed by atoms with Crippen LogP contribution in [0.5, 0.6) is 0 Å². The molecule has 1 aliphatic heterocycles. The van der Waals surface area contributed by atoms with Gasteiger partial charge in [0.15, 0.2) is 6.04 Å². The first-order valence-electron chi connectivity index (χ1n) is 10.2. The average molecular weight is 421 g/mol. The quantitative estimate of drug-likeness (QED) is 0.459. The number of ether oxygens (including phenoxy) is 3. The van der Waals surface area contributed by atoms with E-state index in [0.717, 1.165) is 0 Å². The van der Waals surface area contributed by atoms with Gasteiger partial charge in [0.1, 0.15) is 11.6 Å². The second-order valence-corrected chi connectivity index (χ2v) is 8.14. The molecule has 8 nitrogen and oxygen atoms in total. The Labute approximate surface area is 177 Å². The molecule has 30 heavy (non-hydrogen) atoms. The van der Waals surface area contributed by atoms with Crippen LogP contribution in [0.4, 0.5) is 0 Å². The predicted molar refractivity (Wildman–Crippen MR) is 111 cm³/mol. The van der Waals surface area contributed by atoms with Crippen LogP contribution in [0.2, 0.25) is 0 Å². The van der Waals surface area contributed by atoms with Crippen LogP contribution >= 0.6 is 0 Å². The van der Waals surface area contributed by atoms with Crippen molar-refractivity contribution in [3.63, 3.8) is 0 Å². The number of methoxy groups -OCH3 is 1. The molecule has 1 aromatic rings. The Bertz CT molecular complexity index is 716. The molecule has 2 amide bonds. The van der Waals surface area contributed by atoms with Crippen LogP contribution in [0, 0.1) is 0 Å². The van der Waals surface area contributed by atoms with Gasteiger partial charge < -0.3 is 24.4 Å². The summed E-state index contributed by atoms with van der Waals surface area (Å²) < 4.78 is 15.7. The summed E-state index contributed by atoms with van der Waals surface area (Å²) in [6.45, 7) is 6.85. The fourth-order valence-corrected chi connectivity index (χ4v) is 3.20. The number of benzene rings is 1. The molecule has 1 aliphatic rings. The highest BCUT2D eigenvalue weighted by Gasteiger charge is 2.41. The molecule has 1 N–H and O–H groups in total. The molecule has 1 aromatic carbocycles. The van der Waals surface area contributed by atoms with Gasteiger partial charge in [-0.3, -0.25) is 9.59 Å². The maximum atomic E-state index is 13.0. The highest BCUT2D eigenvalue weighted by atomic mass is 16.6. The highest BCUT2D eigenvalue weighted by molar-refractivity contribution is 5.92. The molecule has 0 saturated carbocycles. The lowest BCUT2D eigenvalue weighted by atomic mass is 10.0. The molecule has 1 fully saturated rings. The van der Waals surface area contributed by atoms with Gasteiger partial charge in [-0.25, -0.2) is 4.79 Å². The molecule has 166 valence electrons. The predicted octanol–water partition coefficient (Wildman–Crippen LogP) is 1.84. The molecule has 0 bridgehead atoms. The van der Waals surface area contributed by atoms with Gasteiger partial charge >= 0.3 is 5.97 Å². The van der Waals surface area contributed by atoms with Crippen LogP contribution in [0.25, 0.3) is 0 Å². The molecular weight excluding hydrogens is 388 g/mol. The van der Waals surface area contributed by atoms with Gasteiger partial charge in [0.2, 0.25) is 11.8 Å². The normalized spacial score (nSPS) is 17.7. The topological polar surface area (TPSA) is 94.2 Å². The minimum absolute atomic E-state index is 0.154. The van der Waals surface area contributed by atoms with Gasteiger partial charge in [0, 0.05) is 20.1 Å². The van der Waals surface area contributed by atoms with E-state index in [2.05, 4.69) is 5.32 Å². The van der Waals surface area contributed by atoms with Crippen LogP contribution in [0.15, 0.2) is 30.3 Å². The number of carbonyl (C=O) groups excluding carboxylic acids is 3. The summed E-state index contributed by atoms with van der Waals surface area (Å²) in [5.41, 5.74) is 0.00201. The number of carbonyl (C=O) groups is 3. The first kappa shape index (κ1) is 23.8. The van der Waals surface area contributed by atoms with Crippen LogP contribution < -0.4 is 5.32 Å². The van der Waals surface area contributed by atoms with Gasteiger partial charge in [-0.15, -0.1) is 0 Å². The molecule has 1 saturated heterocycles. The van der Waals surface area contributed by atoms with E-state index in [0.29, 0.717) is 31.7 Å².